The number of hydrogen-bond donors (Lipinski definition) is 2. The number of hydrogen-bond acceptors (Lipinski definition) is 7. The highest BCUT2D eigenvalue weighted by Crippen LogP contribution is 2.40. The van der Waals surface area contributed by atoms with Crippen molar-refractivity contribution in [3.63, 3.8) is 0 Å². The summed E-state index contributed by atoms with van der Waals surface area (Å²) in [6, 6.07) is 13.4. The van der Waals surface area contributed by atoms with Gasteiger partial charge in [0.25, 0.3) is 11.8 Å². The molecule has 0 unspecified atom stereocenters. The summed E-state index contributed by atoms with van der Waals surface area (Å²) in [5.41, 5.74) is 2.72. The Kier molecular flexibility index (Phi) is 6.71. The Morgan fingerprint density at radius 1 is 1.15 bits per heavy atom. The Hall–Kier alpha value is -3.30. The van der Waals surface area contributed by atoms with Gasteiger partial charge in [0.1, 0.15) is 29.5 Å². The molecule has 2 aromatic rings. The van der Waals surface area contributed by atoms with E-state index in [1.807, 2.05) is 19.1 Å². The number of carbonyl (C=O) groups is 3. The van der Waals surface area contributed by atoms with Gasteiger partial charge in [-0.15, -0.1) is 11.8 Å². The summed E-state index contributed by atoms with van der Waals surface area (Å²) in [4.78, 5) is 39.7. The van der Waals surface area contributed by atoms with Crippen LogP contribution in [0.15, 0.2) is 59.8 Å². The summed E-state index contributed by atoms with van der Waals surface area (Å²) in [6.07, 6.45) is 0. The number of methoxy groups -OCH3 is 1. The van der Waals surface area contributed by atoms with E-state index in [1.54, 1.807) is 43.5 Å². The van der Waals surface area contributed by atoms with Crippen LogP contribution in [0.25, 0.3) is 0 Å². The van der Waals surface area contributed by atoms with E-state index in [-0.39, 0.29) is 24.8 Å². The molecule has 2 aliphatic heterocycles. The van der Waals surface area contributed by atoms with Crippen LogP contribution in [0.1, 0.15) is 21.5 Å². The molecule has 2 amide bonds. The highest BCUT2D eigenvalue weighted by molar-refractivity contribution is 8.00. The minimum atomic E-state index is -0.756. The number of thioether (sulfide) groups is 1. The molecule has 0 bridgehead atoms. The Morgan fingerprint density at radius 3 is 2.48 bits per heavy atom. The third kappa shape index (κ3) is 4.60. The van der Waals surface area contributed by atoms with Gasteiger partial charge >= 0.3 is 5.97 Å². The molecule has 0 saturated carbocycles. The topological polar surface area (TPSA) is 105 Å². The lowest BCUT2D eigenvalue weighted by Crippen LogP contribution is -2.70. The molecule has 0 radical (unpaired) electrons. The van der Waals surface area contributed by atoms with Crippen molar-refractivity contribution in [3.05, 3.63) is 76.5 Å². The molecule has 2 atom stereocenters. The minimum absolute atomic E-state index is 0.0124. The molecule has 33 heavy (non-hydrogen) atoms. The van der Waals surface area contributed by atoms with Gasteiger partial charge in [-0.3, -0.25) is 14.5 Å². The molecular formula is C24H24N2O6S. The van der Waals surface area contributed by atoms with Crippen molar-refractivity contribution in [2.75, 3.05) is 19.5 Å². The highest BCUT2D eigenvalue weighted by Gasteiger charge is 2.54. The smallest absolute Gasteiger partial charge is 0.355 e. The third-order valence-electron chi connectivity index (χ3n) is 5.56. The van der Waals surface area contributed by atoms with Gasteiger partial charge in [0.05, 0.1) is 13.7 Å². The number of β-lactam (4-membered cyclic amide) rings is 1. The highest BCUT2D eigenvalue weighted by atomic mass is 32.2. The second-order valence-corrected chi connectivity index (χ2v) is 8.87. The number of ether oxygens (including phenoxy) is 2. The molecule has 2 aromatic carbocycles. The van der Waals surface area contributed by atoms with Crippen molar-refractivity contribution in [1.29, 1.82) is 0 Å². The molecule has 0 spiro atoms. The summed E-state index contributed by atoms with van der Waals surface area (Å²) in [5, 5.41) is 12.1. The predicted molar refractivity (Wildman–Crippen MR) is 122 cm³/mol. The van der Waals surface area contributed by atoms with Crippen molar-refractivity contribution in [2.45, 2.75) is 24.9 Å². The lowest BCUT2D eigenvalue weighted by Gasteiger charge is -2.49. The number of aryl methyl sites for hydroxylation is 1. The number of esters is 1. The van der Waals surface area contributed by atoms with Crippen LogP contribution in [0, 0.1) is 6.92 Å². The average molecular weight is 469 g/mol. The van der Waals surface area contributed by atoms with Crippen molar-refractivity contribution < 1.29 is 29.0 Å². The number of aliphatic hydroxyl groups is 1. The summed E-state index contributed by atoms with van der Waals surface area (Å²) < 4.78 is 10.5. The van der Waals surface area contributed by atoms with E-state index in [0.717, 1.165) is 11.1 Å². The molecule has 1 fully saturated rings. The van der Waals surface area contributed by atoms with Crippen LogP contribution in [0.5, 0.6) is 5.75 Å². The molecule has 2 heterocycles. The monoisotopic (exact) mass is 468 g/mol. The van der Waals surface area contributed by atoms with E-state index >= 15 is 0 Å². The second-order valence-electron chi connectivity index (χ2n) is 7.76. The molecular weight excluding hydrogens is 444 g/mol. The maximum Gasteiger partial charge on any atom is 0.355 e. The van der Waals surface area contributed by atoms with Gasteiger partial charge in [0.2, 0.25) is 0 Å². The van der Waals surface area contributed by atoms with Gasteiger partial charge in [-0.05, 0) is 42.3 Å². The summed E-state index contributed by atoms with van der Waals surface area (Å²) in [5.74, 6) is -0.400. The zero-order chi connectivity index (χ0) is 23.5. The van der Waals surface area contributed by atoms with Crippen molar-refractivity contribution in [2.24, 2.45) is 0 Å². The zero-order valence-corrected chi connectivity index (χ0v) is 19.1. The van der Waals surface area contributed by atoms with Gasteiger partial charge in [0.15, 0.2) is 0 Å². The molecule has 1 saturated heterocycles. The van der Waals surface area contributed by atoms with Gasteiger partial charge in [-0.25, -0.2) is 4.79 Å². The largest absolute Gasteiger partial charge is 0.497 e. The fourth-order valence-corrected chi connectivity index (χ4v) is 5.00. The first-order valence-corrected chi connectivity index (χ1v) is 11.4. The molecule has 0 aliphatic carbocycles. The minimum Gasteiger partial charge on any atom is -0.497 e. The van der Waals surface area contributed by atoms with Gasteiger partial charge < -0.3 is 19.9 Å². The fraction of sp³-hybridized carbons (Fsp3) is 0.292. The predicted octanol–water partition coefficient (Wildman–Crippen LogP) is 2.01. The van der Waals surface area contributed by atoms with Crippen LogP contribution in [0.3, 0.4) is 0 Å². The first kappa shape index (κ1) is 22.9. The normalized spacial score (nSPS) is 19.5. The molecule has 0 aromatic heterocycles. The maximum atomic E-state index is 12.9. The number of aliphatic hydroxyl groups excluding tert-OH is 1. The van der Waals surface area contributed by atoms with Gasteiger partial charge in [-0.1, -0.05) is 29.8 Å². The maximum absolute atomic E-state index is 12.9. The molecule has 172 valence electrons. The van der Waals surface area contributed by atoms with Crippen molar-refractivity contribution >= 4 is 29.5 Å². The number of nitrogens with zero attached hydrogens (tertiary/aromatic N) is 1. The summed E-state index contributed by atoms with van der Waals surface area (Å²) in [7, 11) is 1.57. The number of rotatable bonds is 7. The lowest BCUT2D eigenvalue weighted by atomic mass is 10.0. The van der Waals surface area contributed by atoms with Crippen LogP contribution < -0.4 is 10.1 Å². The fourth-order valence-electron chi connectivity index (χ4n) is 3.66. The van der Waals surface area contributed by atoms with Crippen LogP contribution in [-0.4, -0.2) is 58.7 Å². The number of amides is 2. The van der Waals surface area contributed by atoms with E-state index < -0.39 is 23.3 Å². The molecule has 9 heteroatoms. The summed E-state index contributed by atoms with van der Waals surface area (Å²) in [6.45, 7) is 1.57. The van der Waals surface area contributed by atoms with Crippen LogP contribution in [0.2, 0.25) is 0 Å². The van der Waals surface area contributed by atoms with Crippen LogP contribution >= 0.6 is 11.8 Å². The van der Waals surface area contributed by atoms with E-state index in [1.165, 1.54) is 16.7 Å². The van der Waals surface area contributed by atoms with Gasteiger partial charge in [-0.2, -0.15) is 0 Å². The van der Waals surface area contributed by atoms with E-state index in [0.29, 0.717) is 22.6 Å². The summed E-state index contributed by atoms with van der Waals surface area (Å²) >= 11 is 1.39. The quantitative estimate of drug-likeness (QED) is 0.473. The van der Waals surface area contributed by atoms with Gasteiger partial charge in [0, 0.05) is 11.3 Å². The van der Waals surface area contributed by atoms with E-state index in [2.05, 4.69) is 5.32 Å². The standard InChI is InChI=1S/C24H24N2O6S/c1-14-3-7-16(8-4-14)21(28)25-19-22(29)26-20(17(11-27)13-33-23(19)26)24(30)32-12-15-5-9-18(31-2)10-6-15/h3-10,19,23,27H,11-13H2,1-2H3,(H,25,28)/t19-,23-/m0/s1. The second kappa shape index (κ2) is 9.68. The van der Waals surface area contributed by atoms with Crippen molar-refractivity contribution in [1.82, 2.24) is 10.2 Å². The number of benzene rings is 2. The van der Waals surface area contributed by atoms with Crippen molar-refractivity contribution in [3.8, 4) is 5.75 Å². The average Bonchev–Trinajstić information content (AvgIpc) is 2.85. The number of carbonyl (C=O) groups excluding carboxylic acids is 3. The molecule has 2 N–H and O–H groups in total. The zero-order valence-electron chi connectivity index (χ0n) is 18.2. The van der Waals surface area contributed by atoms with Crippen LogP contribution in [-0.2, 0) is 20.9 Å². The number of fused-ring (bicyclic) bond motifs is 1. The Bertz CT molecular complexity index is 1100. The SMILES string of the molecule is COc1ccc(COC(=O)C2=C(CO)CS[C@H]3[C@@H](NC(=O)c4ccc(C)cc4)C(=O)N23)cc1. The Balaban J connectivity index is 1.44. The first-order valence-electron chi connectivity index (χ1n) is 10.4. The number of nitrogens with one attached hydrogen (secondary N) is 1. The molecule has 8 nitrogen and oxygen atoms in total. The third-order valence-corrected chi connectivity index (χ3v) is 6.90. The van der Waals surface area contributed by atoms with Crippen LogP contribution in [0.4, 0.5) is 0 Å². The van der Waals surface area contributed by atoms with E-state index in [4.69, 9.17) is 9.47 Å². The molecule has 4 rings (SSSR count). The lowest BCUT2D eigenvalue weighted by molar-refractivity contribution is -0.152. The Morgan fingerprint density at radius 2 is 1.85 bits per heavy atom. The van der Waals surface area contributed by atoms with E-state index in [9.17, 15) is 19.5 Å². The first-order chi connectivity index (χ1) is 15.9. The Labute approximate surface area is 195 Å². The molecule has 2 aliphatic rings.